The maximum Gasteiger partial charge on any atom is 0.310 e. The molecule has 19 heavy (non-hydrogen) atoms. The Labute approximate surface area is 117 Å². The molecule has 1 N–H and O–H groups in total. The molecule has 0 spiro atoms. The van der Waals surface area contributed by atoms with Gasteiger partial charge in [-0.05, 0) is 46.3 Å². The number of hydrogen-bond donors (Lipinski definition) is 1. The fourth-order valence-electron chi connectivity index (χ4n) is 1.49. The highest BCUT2D eigenvalue weighted by Gasteiger charge is 2.29. The Kier molecular flexibility index (Phi) is 3.61. The Morgan fingerprint density at radius 3 is 2.84 bits per heavy atom. The van der Waals surface area contributed by atoms with Crippen LogP contribution in [-0.2, 0) is 11.3 Å². The summed E-state index contributed by atoms with van der Waals surface area (Å²) in [6, 6.07) is 1.82. The highest BCUT2D eigenvalue weighted by Crippen LogP contribution is 2.23. The molecule has 8 heteroatoms. The van der Waals surface area contributed by atoms with Crippen LogP contribution in [0.1, 0.15) is 13.8 Å². The van der Waals surface area contributed by atoms with Gasteiger partial charge in [-0.3, -0.25) is 9.78 Å². The zero-order chi connectivity index (χ0) is 14.0. The topological polar surface area (TPSA) is 93.8 Å². The first-order valence-electron chi connectivity index (χ1n) is 5.50. The standard InChI is InChI=1S/C11H12BrN5O2/c1-11(2,10(18)19)6-17-9(14-15-16-17)7-3-8(12)5-13-4-7/h3-5H,6H2,1-2H3,(H,18,19). The molecular formula is C11H12BrN5O2. The number of nitrogens with zero attached hydrogens (tertiary/aromatic N) is 5. The smallest absolute Gasteiger partial charge is 0.310 e. The summed E-state index contributed by atoms with van der Waals surface area (Å²) in [6.07, 6.45) is 3.28. The SMILES string of the molecule is CC(C)(Cn1nnnc1-c1cncc(Br)c1)C(=O)O. The van der Waals surface area contributed by atoms with Crippen molar-refractivity contribution >= 4 is 21.9 Å². The first-order chi connectivity index (χ1) is 8.90. The van der Waals surface area contributed by atoms with Crippen molar-refractivity contribution in [3.8, 4) is 11.4 Å². The second-order valence-electron chi connectivity index (χ2n) is 4.74. The lowest BCUT2D eigenvalue weighted by Gasteiger charge is -2.19. The lowest BCUT2D eigenvalue weighted by atomic mass is 9.94. The number of aromatic nitrogens is 5. The zero-order valence-electron chi connectivity index (χ0n) is 10.4. The Hall–Kier alpha value is -1.83. The number of carboxylic acid groups (broad SMARTS) is 1. The van der Waals surface area contributed by atoms with Crippen molar-refractivity contribution in [3.63, 3.8) is 0 Å². The fraction of sp³-hybridized carbons (Fsp3) is 0.364. The quantitative estimate of drug-likeness (QED) is 0.917. The lowest BCUT2D eigenvalue weighted by molar-refractivity contribution is -0.147. The summed E-state index contributed by atoms with van der Waals surface area (Å²) in [6.45, 7) is 3.43. The van der Waals surface area contributed by atoms with Gasteiger partial charge in [-0.1, -0.05) is 0 Å². The third-order valence-electron chi connectivity index (χ3n) is 2.62. The first kappa shape index (κ1) is 13.6. The summed E-state index contributed by atoms with van der Waals surface area (Å²) in [5, 5.41) is 20.5. The van der Waals surface area contributed by atoms with Crippen LogP contribution >= 0.6 is 15.9 Å². The summed E-state index contributed by atoms with van der Waals surface area (Å²) in [7, 11) is 0. The Morgan fingerprint density at radius 1 is 1.47 bits per heavy atom. The molecule has 0 unspecified atom stereocenters. The van der Waals surface area contributed by atoms with Crippen LogP contribution in [0.15, 0.2) is 22.9 Å². The lowest BCUT2D eigenvalue weighted by Crippen LogP contribution is -2.30. The van der Waals surface area contributed by atoms with Gasteiger partial charge in [-0.25, -0.2) is 4.68 Å². The molecule has 7 nitrogen and oxygen atoms in total. The predicted molar refractivity (Wildman–Crippen MR) is 70.2 cm³/mol. The van der Waals surface area contributed by atoms with Gasteiger partial charge in [-0.2, -0.15) is 0 Å². The molecule has 0 atom stereocenters. The zero-order valence-corrected chi connectivity index (χ0v) is 12.0. The third-order valence-corrected chi connectivity index (χ3v) is 3.05. The van der Waals surface area contributed by atoms with Gasteiger partial charge in [-0.15, -0.1) is 5.10 Å². The molecule has 0 bridgehead atoms. The number of carboxylic acids is 1. The van der Waals surface area contributed by atoms with Crippen LogP contribution in [0.3, 0.4) is 0 Å². The molecular weight excluding hydrogens is 314 g/mol. The number of pyridine rings is 1. The van der Waals surface area contributed by atoms with E-state index in [0.29, 0.717) is 5.82 Å². The van der Waals surface area contributed by atoms with Crippen LogP contribution in [0, 0.1) is 5.41 Å². The Bertz CT molecular complexity index is 611. The predicted octanol–water partition coefficient (Wildman–Crippen LogP) is 1.61. The molecule has 0 fully saturated rings. The van der Waals surface area contributed by atoms with E-state index in [1.54, 1.807) is 26.2 Å². The number of hydrogen-bond acceptors (Lipinski definition) is 5. The maximum absolute atomic E-state index is 11.1. The van der Waals surface area contributed by atoms with Crippen molar-refractivity contribution < 1.29 is 9.90 Å². The van der Waals surface area contributed by atoms with E-state index in [9.17, 15) is 4.79 Å². The Morgan fingerprint density at radius 2 is 2.21 bits per heavy atom. The molecule has 2 heterocycles. The number of halogens is 1. The van der Waals surface area contributed by atoms with Crippen LogP contribution < -0.4 is 0 Å². The number of aliphatic carboxylic acids is 1. The van der Waals surface area contributed by atoms with E-state index in [0.717, 1.165) is 10.0 Å². The molecule has 0 radical (unpaired) electrons. The minimum absolute atomic E-state index is 0.178. The van der Waals surface area contributed by atoms with Crippen LogP contribution in [0.4, 0.5) is 0 Å². The second-order valence-corrected chi connectivity index (χ2v) is 5.66. The van der Waals surface area contributed by atoms with Crippen LogP contribution in [-0.4, -0.2) is 36.3 Å². The van der Waals surface area contributed by atoms with Crippen LogP contribution in [0.5, 0.6) is 0 Å². The normalized spacial score (nSPS) is 11.5. The molecule has 0 aliphatic rings. The van der Waals surface area contributed by atoms with Crippen molar-refractivity contribution in [3.05, 3.63) is 22.9 Å². The van der Waals surface area contributed by atoms with E-state index < -0.39 is 11.4 Å². The summed E-state index contributed by atoms with van der Waals surface area (Å²) in [5.41, 5.74) is -0.232. The molecule has 2 rings (SSSR count). The van der Waals surface area contributed by atoms with Crippen molar-refractivity contribution in [2.75, 3.05) is 0 Å². The third kappa shape index (κ3) is 2.95. The van der Waals surface area contributed by atoms with E-state index in [-0.39, 0.29) is 6.54 Å². The minimum Gasteiger partial charge on any atom is -0.481 e. The van der Waals surface area contributed by atoms with Crippen molar-refractivity contribution in [2.45, 2.75) is 20.4 Å². The molecule has 0 saturated heterocycles. The summed E-state index contributed by atoms with van der Waals surface area (Å²) < 4.78 is 2.27. The van der Waals surface area contributed by atoms with Crippen LogP contribution in [0.2, 0.25) is 0 Å². The second kappa shape index (κ2) is 5.04. The van der Waals surface area contributed by atoms with Crippen LogP contribution in [0.25, 0.3) is 11.4 Å². The molecule has 2 aromatic rings. The van der Waals surface area contributed by atoms with Gasteiger partial charge in [0.25, 0.3) is 0 Å². The average molecular weight is 326 g/mol. The average Bonchev–Trinajstić information content (AvgIpc) is 2.76. The largest absolute Gasteiger partial charge is 0.481 e. The highest BCUT2D eigenvalue weighted by atomic mass is 79.9. The van der Waals surface area contributed by atoms with E-state index in [4.69, 9.17) is 5.11 Å². The molecule has 0 saturated carbocycles. The molecule has 0 aliphatic heterocycles. The fourth-order valence-corrected chi connectivity index (χ4v) is 1.86. The monoisotopic (exact) mass is 325 g/mol. The van der Waals surface area contributed by atoms with Gasteiger partial charge >= 0.3 is 5.97 Å². The van der Waals surface area contributed by atoms with Gasteiger partial charge in [0, 0.05) is 22.4 Å². The summed E-state index contributed by atoms with van der Waals surface area (Å²) in [5.74, 6) is -0.413. The minimum atomic E-state index is -0.955. The number of carbonyl (C=O) groups is 1. The van der Waals surface area contributed by atoms with Gasteiger partial charge in [0.15, 0.2) is 5.82 Å². The maximum atomic E-state index is 11.1. The molecule has 100 valence electrons. The van der Waals surface area contributed by atoms with Crippen molar-refractivity contribution in [2.24, 2.45) is 5.41 Å². The molecule has 0 amide bonds. The van der Waals surface area contributed by atoms with Crippen molar-refractivity contribution in [1.82, 2.24) is 25.2 Å². The van der Waals surface area contributed by atoms with Gasteiger partial charge < -0.3 is 5.11 Å². The molecule has 2 aromatic heterocycles. The van der Waals surface area contributed by atoms with E-state index in [1.807, 2.05) is 6.07 Å². The van der Waals surface area contributed by atoms with Gasteiger partial charge in [0.1, 0.15) is 0 Å². The number of rotatable bonds is 4. The molecule has 0 aliphatic carbocycles. The summed E-state index contributed by atoms with van der Waals surface area (Å²) >= 11 is 3.32. The van der Waals surface area contributed by atoms with E-state index >= 15 is 0 Å². The first-order valence-corrected chi connectivity index (χ1v) is 6.30. The van der Waals surface area contributed by atoms with Gasteiger partial charge in [0.05, 0.1) is 12.0 Å². The summed E-state index contributed by atoms with van der Waals surface area (Å²) in [4.78, 5) is 15.2. The Balaban J connectivity index is 2.36. The number of tetrazole rings is 1. The van der Waals surface area contributed by atoms with E-state index in [1.165, 1.54) is 4.68 Å². The highest BCUT2D eigenvalue weighted by molar-refractivity contribution is 9.10. The van der Waals surface area contributed by atoms with E-state index in [2.05, 4.69) is 36.4 Å². The van der Waals surface area contributed by atoms with Gasteiger partial charge in [0.2, 0.25) is 0 Å². The van der Waals surface area contributed by atoms with Crippen molar-refractivity contribution in [1.29, 1.82) is 0 Å². The molecule has 0 aromatic carbocycles.